The summed E-state index contributed by atoms with van der Waals surface area (Å²) in [6.45, 7) is 0. The van der Waals surface area contributed by atoms with Crippen LogP contribution in [0.2, 0.25) is 10.0 Å². The summed E-state index contributed by atoms with van der Waals surface area (Å²) in [6, 6.07) is 4.12. The number of halogens is 2. The molecular weight excluding hydrogens is 207 g/mol. The molecule has 0 saturated carbocycles. The van der Waals surface area contributed by atoms with Crippen LogP contribution in [0.3, 0.4) is 0 Å². The molecule has 0 bridgehead atoms. The normalized spacial score (nSPS) is 13.0. The molecule has 0 aliphatic carbocycles. The highest BCUT2D eigenvalue weighted by molar-refractivity contribution is 7.79. The highest BCUT2D eigenvalue weighted by Gasteiger charge is 1.98. The molecule has 5 heteroatoms. The minimum Gasteiger partial charge on any atom is -0.768 e. The third-order valence-corrected chi connectivity index (χ3v) is 2.46. The van der Waals surface area contributed by atoms with E-state index in [0.29, 0.717) is 5.02 Å². The summed E-state index contributed by atoms with van der Waals surface area (Å²) in [4.78, 5) is 0.138. The maximum absolute atomic E-state index is 10.4. The minimum atomic E-state index is -2.24. The second kappa shape index (κ2) is 3.54. The first-order valence-corrected chi connectivity index (χ1v) is 4.48. The Bertz CT molecular complexity index is 301. The Balaban J connectivity index is 3.15. The summed E-state index contributed by atoms with van der Waals surface area (Å²) in [6.07, 6.45) is 0. The Morgan fingerprint density at radius 1 is 1.27 bits per heavy atom. The van der Waals surface area contributed by atoms with Gasteiger partial charge in [0.25, 0.3) is 0 Å². The van der Waals surface area contributed by atoms with E-state index < -0.39 is 11.1 Å². The molecule has 0 N–H and O–H groups in total. The minimum absolute atomic E-state index is 0.138. The largest absolute Gasteiger partial charge is 0.768 e. The monoisotopic (exact) mass is 209 g/mol. The Morgan fingerprint density at radius 3 is 2.36 bits per heavy atom. The van der Waals surface area contributed by atoms with Gasteiger partial charge in [-0.25, -0.2) is 0 Å². The van der Waals surface area contributed by atoms with Crippen molar-refractivity contribution in [1.29, 1.82) is 0 Å². The fourth-order valence-corrected chi connectivity index (χ4v) is 1.34. The first-order chi connectivity index (χ1) is 5.11. The molecule has 0 aliphatic rings. The van der Waals surface area contributed by atoms with Gasteiger partial charge in [-0.1, -0.05) is 23.2 Å². The van der Waals surface area contributed by atoms with Crippen LogP contribution in [-0.2, 0) is 11.1 Å². The molecule has 1 aromatic carbocycles. The number of rotatable bonds is 1. The number of hydrogen-bond acceptors (Lipinski definition) is 2. The van der Waals surface area contributed by atoms with E-state index in [0.717, 1.165) is 0 Å². The van der Waals surface area contributed by atoms with Crippen molar-refractivity contribution >= 4 is 34.3 Å². The molecule has 0 aromatic heterocycles. The van der Waals surface area contributed by atoms with E-state index in [-0.39, 0.29) is 9.92 Å². The van der Waals surface area contributed by atoms with Crippen molar-refractivity contribution in [3.63, 3.8) is 0 Å². The fourth-order valence-electron chi connectivity index (χ4n) is 0.581. The SMILES string of the molecule is O=S([O-])c1ccc(Cl)c(Cl)c1. The molecule has 60 valence electrons. The van der Waals surface area contributed by atoms with Gasteiger partial charge in [0, 0.05) is 4.90 Å². The van der Waals surface area contributed by atoms with Crippen LogP contribution >= 0.6 is 23.2 Å². The summed E-state index contributed by atoms with van der Waals surface area (Å²) >= 11 is 8.86. The molecule has 0 radical (unpaired) electrons. The molecular formula is C6H3Cl2O2S-. The molecule has 0 aliphatic heterocycles. The van der Waals surface area contributed by atoms with Gasteiger partial charge in [-0.15, -0.1) is 0 Å². The molecule has 0 amide bonds. The molecule has 0 saturated heterocycles. The summed E-state index contributed by atoms with van der Waals surface area (Å²) in [7, 11) is 0. The molecule has 11 heavy (non-hydrogen) atoms. The lowest BCUT2D eigenvalue weighted by molar-refractivity contribution is 0.537. The molecule has 0 spiro atoms. The highest BCUT2D eigenvalue weighted by Crippen LogP contribution is 2.23. The lowest BCUT2D eigenvalue weighted by atomic mass is 10.4. The van der Waals surface area contributed by atoms with Crippen LogP contribution in [0, 0.1) is 0 Å². The maximum Gasteiger partial charge on any atom is 0.0603 e. The van der Waals surface area contributed by atoms with Crippen molar-refractivity contribution < 1.29 is 8.76 Å². The first-order valence-electron chi connectivity index (χ1n) is 2.65. The smallest absolute Gasteiger partial charge is 0.0603 e. The van der Waals surface area contributed by atoms with Gasteiger partial charge in [-0.05, 0) is 29.3 Å². The Labute approximate surface area is 76.4 Å². The fraction of sp³-hybridized carbons (Fsp3) is 0. The zero-order valence-electron chi connectivity index (χ0n) is 5.21. The Kier molecular flexibility index (Phi) is 2.90. The van der Waals surface area contributed by atoms with Crippen LogP contribution in [0.4, 0.5) is 0 Å². The first kappa shape index (κ1) is 9.00. The highest BCUT2D eigenvalue weighted by atomic mass is 35.5. The van der Waals surface area contributed by atoms with Crippen molar-refractivity contribution in [2.24, 2.45) is 0 Å². The maximum atomic E-state index is 10.4. The predicted octanol–water partition coefficient (Wildman–Crippen LogP) is 2.23. The summed E-state index contributed by atoms with van der Waals surface area (Å²) in [5.41, 5.74) is 0. The number of benzene rings is 1. The molecule has 1 unspecified atom stereocenters. The second-order valence-corrected chi connectivity index (χ2v) is 3.57. The van der Waals surface area contributed by atoms with E-state index >= 15 is 0 Å². The molecule has 1 aromatic rings. The third-order valence-electron chi connectivity index (χ3n) is 1.08. The Hall–Kier alpha value is -0.0900. The molecule has 0 heterocycles. The van der Waals surface area contributed by atoms with E-state index in [2.05, 4.69) is 0 Å². The van der Waals surface area contributed by atoms with E-state index in [9.17, 15) is 8.76 Å². The summed E-state index contributed by atoms with van der Waals surface area (Å²) in [5, 5.41) is 0.592. The average Bonchev–Trinajstić information content (AvgIpc) is 1.94. The van der Waals surface area contributed by atoms with Gasteiger partial charge in [-0.2, -0.15) is 0 Å². The van der Waals surface area contributed by atoms with Gasteiger partial charge in [0.2, 0.25) is 0 Å². The third kappa shape index (κ3) is 2.17. The van der Waals surface area contributed by atoms with Gasteiger partial charge < -0.3 is 4.55 Å². The van der Waals surface area contributed by atoms with Gasteiger partial charge in [0.15, 0.2) is 0 Å². The van der Waals surface area contributed by atoms with Crippen LogP contribution in [0.1, 0.15) is 0 Å². The van der Waals surface area contributed by atoms with Crippen molar-refractivity contribution in [2.75, 3.05) is 0 Å². The van der Waals surface area contributed by atoms with Crippen molar-refractivity contribution in [1.82, 2.24) is 0 Å². The zero-order chi connectivity index (χ0) is 8.43. The van der Waals surface area contributed by atoms with E-state index in [4.69, 9.17) is 23.2 Å². The van der Waals surface area contributed by atoms with E-state index in [1.807, 2.05) is 0 Å². The predicted molar refractivity (Wildman–Crippen MR) is 43.6 cm³/mol. The lowest BCUT2D eigenvalue weighted by Gasteiger charge is -2.04. The van der Waals surface area contributed by atoms with Gasteiger partial charge in [-0.3, -0.25) is 4.21 Å². The zero-order valence-corrected chi connectivity index (χ0v) is 7.54. The van der Waals surface area contributed by atoms with Crippen molar-refractivity contribution in [2.45, 2.75) is 4.90 Å². The average molecular weight is 210 g/mol. The molecule has 0 fully saturated rings. The van der Waals surface area contributed by atoms with Crippen molar-refractivity contribution in [3.05, 3.63) is 28.2 Å². The van der Waals surface area contributed by atoms with Crippen LogP contribution in [0.5, 0.6) is 0 Å². The van der Waals surface area contributed by atoms with Gasteiger partial charge in [0.05, 0.1) is 10.0 Å². The Morgan fingerprint density at radius 2 is 1.91 bits per heavy atom. The van der Waals surface area contributed by atoms with Crippen LogP contribution in [0.25, 0.3) is 0 Å². The van der Waals surface area contributed by atoms with Crippen LogP contribution in [0.15, 0.2) is 23.1 Å². The van der Waals surface area contributed by atoms with Crippen molar-refractivity contribution in [3.8, 4) is 0 Å². The molecule has 1 atom stereocenters. The van der Waals surface area contributed by atoms with Gasteiger partial charge in [0.1, 0.15) is 0 Å². The summed E-state index contributed by atoms with van der Waals surface area (Å²) < 4.78 is 20.7. The number of hydrogen-bond donors (Lipinski definition) is 0. The van der Waals surface area contributed by atoms with Gasteiger partial charge >= 0.3 is 0 Å². The lowest BCUT2D eigenvalue weighted by Crippen LogP contribution is -1.87. The standard InChI is InChI=1S/C6H4Cl2O2S/c7-5-2-1-4(11(9)10)3-6(5)8/h1-3H,(H,9,10)/p-1. The quantitative estimate of drug-likeness (QED) is 0.666. The topological polar surface area (TPSA) is 40.1 Å². The molecule has 1 rings (SSSR count). The van der Waals surface area contributed by atoms with Crippen LogP contribution < -0.4 is 0 Å². The van der Waals surface area contributed by atoms with E-state index in [1.54, 1.807) is 0 Å². The molecule has 2 nitrogen and oxygen atoms in total. The second-order valence-electron chi connectivity index (χ2n) is 1.81. The van der Waals surface area contributed by atoms with Crippen LogP contribution in [-0.4, -0.2) is 8.76 Å². The summed E-state index contributed by atoms with van der Waals surface area (Å²) in [5.74, 6) is 0. The van der Waals surface area contributed by atoms with E-state index in [1.165, 1.54) is 18.2 Å².